The molecule has 0 aromatic heterocycles. The highest BCUT2D eigenvalue weighted by atomic mass is 19.1. The molecular weight excluding hydrogens is 699 g/mol. The lowest BCUT2D eigenvalue weighted by atomic mass is 9.96. The maximum Gasteiger partial charge on any atom is 0.266 e. The SMILES string of the molecule is CC1=C(/C=C2\C(=O)Nc3ccc(F)cc32)NC(C)(C(=O)NCCCCCCCCNC(=O)COc2cccc3c2C(=O)N(C2CCC(=O)NC2=O)C3=O)C1. The standard InChI is InChI=1S/C39H43FN6O8/c1-22-20-39(2,45-28(22)19-26-25-18-23(40)12-13-27(25)43-34(26)49)38(53)42-17-8-6-4-3-5-7-16-41-32(48)21-54-30-11-9-10-24-33(30)37(52)46(36(24)51)29-14-15-31(47)44-35(29)50/h9-13,18-19,29,45H,3-8,14-17,20-21H2,1-2H3,(H,41,48)(H,42,53)(H,43,49)(H,44,47,50)/b26-19-. The highest BCUT2D eigenvalue weighted by Crippen LogP contribution is 2.36. The number of amides is 7. The summed E-state index contributed by atoms with van der Waals surface area (Å²) in [5.41, 5.74) is 2.18. The lowest BCUT2D eigenvalue weighted by Gasteiger charge is -2.27. The normalized spacial score (nSPS) is 21.2. The monoisotopic (exact) mass is 742 g/mol. The van der Waals surface area contributed by atoms with E-state index in [0.717, 1.165) is 49.0 Å². The minimum atomic E-state index is -1.10. The second-order valence-corrected chi connectivity index (χ2v) is 14.2. The van der Waals surface area contributed by atoms with E-state index in [1.165, 1.54) is 36.4 Å². The van der Waals surface area contributed by atoms with E-state index in [1.807, 2.05) is 13.8 Å². The first-order valence-electron chi connectivity index (χ1n) is 18.2. The number of unbranched alkanes of at least 4 members (excludes halogenated alkanes) is 5. The van der Waals surface area contributed by atoms with Crippen LogP contribution in [0.15, 0.2) is 53.7 Å². The molecule has 4 aliphatic heterocycles. The van der Waals surface area contributed by atoms with Crippen LogP contribution in [0.25, 0.3) is 5.57 Å². The van der Waals surface area contributed by atoms with Crippen LogP contribution in [-0.2, 0) is 24.0 Å². The van der Waals surface area contributed by atoms with E-state index in [-0.39, 0.29) is 54.0 Å². The maximum atomic E-state index is 13.9. The van der Waals surface area contributed by atoms with Gasteiger partial charge < -0.3 is 26.0 Å². The molecule has 15 heteroatoms. The number of benzene rings is 2. The molecule has 2 aromatic rings. The van der Waals surface area contributed by atoms with Crippen LogP contribution in [0.1, 0.15) is 97.9 Å². The van der Waals surface area contributed by atoms with E-state index in [0.29, 0.717) is 42.0 Å². The minimum Gasteiger partial charge on any atom is -0.483 e. The predicted molar refractivity (Wildman–Crippen MR) is 194 cm³/mol. The fourth-order valence-corrected chi connectivity index (χ4v) is 7.20. The van der Waals surface area contributed by atoms with Crippen LogP contribution in [0, 0.1) is 5.82 Å². The Morgan fingerprint density at radius 1 is 0.944 bits per heavy atom. The number of halogens is 1. The fraction of sp³-hybridized carbons (Fsp3) is 0.410. The van der Waals surface area contributed by atoms with E-state index in [2.05, 4.69) is 26.6 Å². The molecule has 1 fully saturated rings. The third-order valence-corrected chi connectivity index (χ3v) is 10.0. The molecule has 5 N–H and O–H groups in total. The number of piperidine rings is 1. The Balaban J connectivity index is 0.841. The second kappa shape index (κ2) is 16.0. The molecule has 0 radical (unpaired) electrons. The largest absolute Gasteiger partial charge is 0.483 e. The van der Waals surface area contributed by atoms with Crippen molar-refractivity contribution in [3.05, 3.63) is 76.3 Å². The molecular formula is C39H43FN6O8. The molecule has 2 atom stereocenters. The average Bonchev–Trinajstić information content (AvgIpc) is 3.71. The maximum absolute atomic E-state index is 13.9. The lowest BCUT2D eigenvalue weighted by molar-refractivity contribution is -0.136. The van der Waals surface area contributed by atoms with Crippen molar-refractivity contribution in [3.8, 4) is 5.75 Å². The summed E-state index contributed by atoms with van der Waals surface area (Å²) in [4.78, 5) is 89.0. The highest BCUT2D eigenvalue weighted by Gasteiger charge is 2.46. The summed E-state index contributed by atoms with van der Waals surface area (Å²) >= 11 is 0. The minimum absolute atomic E-state index is 0.0118. The van der Waals surface area contributed by atoms with Crippen molar-refractivity contribution in [1.29, 1.82) is 0 Å². The summed E-state index contributed by atoms with van der Waals surface area (Å²) in [6.45, 7) is 4.33. The van der Waals surface area contributed by atoms with Crippen molar-refractivity contribution < 1.29 is 42.7 Å². The van der Waals surface area contributed by atoms with Gasteiger partial charge in [-0.3, -0.25) is 43.8 Å². The summed E-state index contributed by atoms with van der Waals surface area (Å²) in [5, 5.41) is 14.0. The van der Waals surface area contributed by atoms with E-state index < -0.39 is 41.0 Å². The van der Waals surface area contributed by atoms with Crippen LogP contribution in [0.5, 0.6) is 5.75 Å². The topological polar surface area (TPSA) is 192 Å². The van der Waals surface area contributed by atoms with Crippen molar-refractivity contribution in [2.75, 3.05) is 25.0 Å². The van der Waals surface area contributed by atoms with Crippen molar-refractivity contribution in [2.45, 2.75) is 83.2 Å². The molecule has 4 heterocycles. The second-order valence-electron chi connectivity index (χ2n) is 14.2. The molecule has 2 unspecified atom stereocenters. The van der Waals surface area contributed by atoms with Gasteiger partial charge in [0.05, 0.1) is 16.7 Å². The zero-order chi connectivity index (χ0) is 38.6. The average molecular weight is 743 g/mol. The molecule has 7 amide bonds. The van der Waals surface area contributed by atoms with Crippen LogP contribution < -0.4 is 31.3 Å². The number of hydrogen-bond donors (Lipinski definition) is 5. The van der Waals surface area contributed by atoms with Gasteiger partial charge in [0.2, 0.25) is 17.7 Å². The van der Waals surface area contributed by atoms with Crippen molar-refractivity contribution in [3.63, 3.8) is 0 Å². The third-order valence-electron chi connectivity index (χ3n) is 10.0. The van der Waals surface area contributed by atoms with Crippen LogP contribution in [0.4, 0.5) is 10.1 Å². The fourth-order valence-electron chi connectivity index (χ4n) is 7.20. The number of nitrogens with zero attached hydrogens (tertiary/aromatic N) is 1. The molecule has 54 heavy (non-hydrogen) atoms. The van der Waals surface area contributed by atoms with Gasteiger partial charge in [0.25, 0.3) is 23.6 Å². The molecule has 14 nitrogen and oxygen atoms in total. The van der Waals surface area contributed by atoms with Gasteiger partial charge in [-0.05, 0) is 75.1 Å². The van der Waals surface area contributed by atoms with Gasteiger partial charge in [-0.15, -0.1) is 0 Å². The summed E-state index contributed by atoms with van der Waals surface area (Å²) in [7, 11) is 0. The van der Waals surface area contributed by atoms with Gasteiger partial charge in [0.15, 0.2) is 6.61 Å². The van der Waals surface area contributed by atoms with Gasteiger partial charge in [0, 0.05) is 42.9 Å². The molecule has 1 saturated heterocycles. The Hall–Kier alpha value is -5.86. The third kappa shape index (κ3) is 8.04. The van der Waals surface area contributed by atoms with Crippen molar-refractivity contribution in [1.82, 2.24) is 26.2 Å². The number of imide groups is 2. The first-order chi connectivity index (χ1) is 25.9. The molecule has 2 aromatic carbocycles. The number of anilines is 1. The zero-order valence-corrected chi connectivity index (χ0v) is 30.2. The van der Waals surface area contributed by atoms with Gasteiger partial charge in [-0.1, -0.05) is 31.7 Å². The molecule has 0 aliphatic carbocycles. The lowest BCUT2D eigenvalue weighted by Crippen LogP contribution is -2.54. The molecule has 0 bridgehead atoms. The molecule has 4 aliphatic rings. The molecule has 284 valence electrons. The van der Waals surface area contributed by atoms with E-state index in [4.69, 9.17) is 4.74 Å². The first kappa shape index (κ1) is 37.9. The Kier molecular flexibility index (Phi) is 11.2. The predicted octanol–water partition coefficient (Wildman–Crippen LogP) is 3.24. The number of rotatable bonds is 15. The van der Waals surface area contributed by atoms with Gasteiger partial charge in [-0.25, -0.2) is 4.39 Å². The highest BCUT2D eigenvalue weighted by molar-refractivity contribution is 6.32. The summed E-state index contributed by atoms with van der Waals surface area (Å²) < 4.78 is 19.5. The van der Waals surface area contributed by atoms with Crippen LogP contribution in [0.2, 0.25) is 0 Å². The zero-order valence-electron chi connectivity index (χ0n) is 30.2. The summed E-state index contributed by atoms with van der Waals surface area (Å²) in [5.74, 6) is -3.73. The number of nitrogens with one attached hydrogen (secondary N) is 5. The molecule has 0 saturated carbocycles. The number of allylic oxidation sites excluding steroid dienone is 1. The number of hydrogen-bond acceptors (Lipinski definition) is 9. The first-order valence-corrected chi connectivity index (χ1v) is 18.2. The number of fused-ring (bicyclic) bond motifs is 2. The number of carbonyl (C=O) groups excluding carboxylic acids is 7. The quantitative estimate of drug-likeness (QED) is 0.104. The number of ether oxygens (including phenoxy) is 1. The van der Waals surface area contributed by atoms with E-state index in [9.17, 15) is 38.0 Å². The Morgan fingerprint density at radius 2 is 1.67 bits per heavy atom. The Morgan fingerprint density at radius 3 is 2.41 bits per heavy atom. The molecule has 6 rings (SSSR count). The Bertz CT molecular complexity index is 1990. The van der Waals surface area contributed by atoms with Crippen molar-refractivity contribution in [2.24, 2.45) is 0 Å². The summed E-state index contributed by atoms with van der Waals surface area (Å²) in [6, 6.07) is 7.52. The van der Waals surface area contributed by atoms with Gasteiger partial charge in [-0.2, -0.15) is 0 Å². The van der Waals surface area contributed by atoms with Crippen LogP contribution >= 0.6 is 0 Å². The van der Waals surface area contributed by atoms with Crippen LogP contribution in [-0.4, -0.2) is 77.5 Å². The van der Waals surface area contributed by atoms with Crippen molar-refractivity contribution >= 4 is 52.6 Å². The van der Waals surface area contributed by atoms with E-state index >= 15 is 0 Å². The Labute approximate surface area is 311 Å². The molecule has 0 spiro atoms. The number of carbonyl (C=O) groups is 7. The van der Waals surface area contributed by atoms with E-state index in [1.54, 1.807) is 6.08 Å². The summed E-state index contributed by atoms with van der Waals surface area (Å²) in [6.07, 6.45) is 7.51. The van der Waals surface area contributed by atoms with Crippen LogP contribution in [0.3, 0.4) is 0 Å². The smallest absolute Gasteiger partial charge is 0.266 e. The van der Waals surface area contributed by atoms with Gasteiger partial charge >= 0.3 is 0 Å². The van der Waals surface area contributed by atoms with Gasteiger partial charge in [0.1, 0.15) is 23.1 Å².